The molecule has 254 valence electrons. The lowest BCUT2D eigenvalue weighted by Crippen LogP contribution is -2.18. The number of hydrogen-bond donors (Lipinski definition) is 2. The molecule has 2 N–H and O–H groups in total. The molecule has 0 aromatic heterocycles. The third-order valence-corrected chi connectivity index (χ3v) is 10.7. The van der Waals surface area contributed by atoms with Crippen molar-refractivity contribution in [3.05, 3.63) is 209 Å². The van der Waals surface area contributed by atoms with Crippen LogP contribution in [0.5, 0.6) is 0 Å². The van der Waals surface area contributed by atoms with E-state index in [2.05, 4.69) is 188 Å². The van der Waals surface area contributed by atoms with Gasteiger partial charge in [0, 0.05) is 34.3 Å². The Labute approximate surface area is 304 Å². The van der Waals surface area contributed by atoms with Crippen molar-refractivity contribution < 1.29 is 0 Å². The summed E-state index contributed by atoms with van der Waals surface area (Å²) < 4.78 is 0. The largest absolute Gasteiger partial charge is 0.355 e. The summed E-state index contributed by atoms with van der Waals surface area (Å²) in [5.74, 6) is 3.95. The van der Waals surface area contributed by atoms with Gasteiger partial charge in [-0.15, -0.1) is 0 Å². The van der Waals surface area contributed by atoms with Crippen LogP contribution in [0, 0.1) is 29.6 Å². The zero-order valence-electron chi connectivity index (χ0n) is 29.6. The van der Waals surface area contributed by atoms with Gasteiger partial charge in [0.05, 0.1) is 0 Å². The van der Waals surface area contributed by atoms with E-state index in [1.165, 1.54) is 52.1 Å². The highest BCUT2D eigenvalue weighted by atomic mass is 14.9. The van der Waals surface area contributed by atoms with E-state index < -0.39 is 0 Å². The number of fused-ring (bicyclic) bond motifs is 5. The molecule has 2 nitrogen and oxygen atoms in total. The van der Waals surface area contributed by atoms with Crippen LogP contribution in [0.3, 0.4) is 0 Å². The van der Waals surface area contributed by atoms with Crippen LogP contribution < -0.4 is 10.6 Å². The Balaban J connectivity index is 0.000000124. The zero-order chi connectivity index (χ0) is 34.4. The number of nitrogens with one attached hydrogen (secondary N) is 2. The van der Waals surface area contributed by atoms with Crippen LogP contribution in [-0.2, 0) is 0 Å². The molecule has 10 rings (SSSR count). The molecule has 8 aliphatic carbocycles. The summed E-state index contributed by atoms with van der Waals surface area (Å²) >= 11 is 0. The Bertz CT molecular complexity index is 2030. The first kappa shape index (κ1) is 32.8. The van der Waals surface area contributed by atoms with E-state index in [1.807, 2.05) is 0 Å². The molecule has 51 heavy (non-hydrogen) atoms. The van der Waals surface area contributed by atoms with E-state index in [1.54, 1.807) is 5.57 Å². The molecule has 5 unspecified atom stereocenters. The molecule has 8 aliphatic rings. The molecule has 5 atom stereocenters. The lowest BCUT2D eigenvalue weighted by atomic mass is 9.86. The van der Waals surface area contributed by atoms with Crippen molar-refractivity contribution in [1.82, 2.24) is 5.32 Å². The summed E-state index contributed by atoms with van der Waals surface area (Å²) in [5, 5.41) is 7.17. The van der Waals surface area contributed by atoms with E-state index in [-0.39, 0.29) is 0 Å². The molecule has 0 saturated heterocycles. The van der Waals surface area contributed by atoms with E-state index in [0.29, 0.717) is 5.92 Å². The maximum Gasteiger partial charge on any atom is 0.0457 e. The molecule has 2 fully saturated rings. The highest BCUT2D eigenvalue weighted by molar-refractivity contribution is 5.68. The van der Waals surface area contributed by atoms with Crippen molar-refractivity contribution in [3.8, 4) is 11.1 Å². The van der Waals surface area contributed by atoms with Gasteiger partial charge in [0.25, 0.3) is 0 Å². The molecule has 0 amide bonds. The smallest absolute Gasteiger partial charge is 0.0457 e. The summed E-state index contributed by atoms with van der Waals surface area (Å²) in [7, 11) is 0. The van der Waals surface area contributed by atoms with Crippen molar-refractivity contribution in [1.29, 1.82) is 0 Å². The normalized spacial score (nSPS) is 26.7. The molecule has 0 aliphatic heterocycles. The Morgan fingerprint density at radius 2 is 1.43 bits per heavy atom. The standard InChI is InChI=1S/C24H21N.C17H17N.C8H10/c1-2-6-17(7-3-1)18-10-13-20(14-11-18)25-24-9-5-4-8-21-22(24)15-12-19-16-23(19)21;1-2-4-11-15(10-3-1)18-17-13-7-9-14-8-5-6-12-16(14)17;1-6-2-3-7-5-8(7)4-6/h1-3,5-15,19,23,25H,4,16H2;1,3-8,10-14,18H,2,9H2;2-4,7-8H,5H2,1H3. The highest BCUT2D eigenvalue weighted by Gasteiger charge is 2.41. The van der Waals surface area contributed by atoms with Gasteiger partial charge in [0.2, 0.25) is 0 Å². The highest BCUT2D eigenvalue weighted by Crippen LogP contribution is 2.52. The Kier molecular flexibility index (Phi) is 9.83. The molecule has 0 heterocycles. The van der Waals surface area contributed by atoms with Gasteiger partial charge in [-0.05, 0) is 121 Å². The molecule has 2 saturated carbocycles. The Morgan fingerprint density at radius 1 is 0.608 bits per heavy atom. The van der Waals surface area contributed by atoms with Crippen molar-refractivity contribution in [2.24, 2.45) is 29.6 Å². The summed E-state index contributed by atoms with van der Waals surface area (Å²) in [4.78, 5) is 0. The second kappa shape index (κ2) is 15.3. The summed E-state index contributed by atoms with van der Waals surface area (Å²) in [6, 6.07) is 19.2. The molecule has 0 radical (unpaired) electrons. The number of hydrogen-bond acceptors (Lipinski definition) is 2. The third kappa shape index (κ3) is 8.18. The molecule has 2 aromatic carbocycles. The van der Waals surface area contributed by atoms with E-state index in [4.69, 9.17) is 0 Å². The van der Waals surface area contributed by atoms with Crippen LogP contribution in [0.15, 0.2) is 209 Å². The molecule has 2 heteroatoms. The molecule has 0 spiro atoms. The molecular weight excluding hydrogens is 617 g/mol. The van der Waals surface area contributed by atoms with Crippen molar-refractivity contribution >= 4 is 5.69 Å². The fraction of sp³-hybridized carbons (Fsp3) is 0.224. The SMILES string of the molecule is C1=CC(Nc2ccc(-c3ccccc3)cc2)=C2C=CC3CC3C2=CC1.C1=CCC=CC(NC2=C3C=CC=CC3CC=C2)=C1.CC1=CC2CC2C=C1. The third-order valence-electron chi connectivity index (χ3n) is 10.7. The monoisotopic (exact) mass is 664 g/mol. The van der Waals surface area contributed by atoms with Gasteiger partial charge >= 0.3 is 0 Å². The van der Waals surface area contributed by atoms with Crippen LogP contribution in [0.4, 0.5) is 5.69 Å². The Hall–Kier alpha value is -5.34. The van der Waals surface area contributed by atoms with Gasteiger partial charge < -0.3 is 10.6 Å². The van der Waals surface area contributed by atoms with Crippen molar-refractivity contribution in [2.45, 2.75) is 39.0 Å². The molecule has 0 bridgehead atoms. The topological polar surface area (TPSA) is 24.1 Å². The second-order valence-corrected chi connectivity index (χ2v) is 14.6. The van der Waals surface area contributed by atoms with Crippen molar-refractivity contribution in [3.63, 3.8) is 0 Å². The number of rotatable bonds is 5. The van der Waals surface area contributed by atoms with E-state index in [0.717, 1.165) is 54.3 Å². The molecular formula is C49H48N2. The molecule has 2 aromatic rings. The zero-order valence-corrected chi connectivity index (χ0v) is 29.6. The average Bonchev–Trinajstić information content (AvgIpc) is 4.09. The lowest BCUT2D eigenvalue weighted by molar-refractivity contribution is 0.752. The minimum Gasteiger partial charge on any atom is -0.355 e. The van der Waals surface area contributed by atoms with Gasteiger partial charge in [-0.25, -0.2) is 0 Å². The summed E-state index contributed by atoms with van der Waals surface area (Å²) in [6.07, 6.45) is 48.3. The second-order valence-electron chi connectivity index (χ2n) is 14.6. The minimum atomic E-state index is 0.536. The fourth-order valence-electron chi connectivity index (χ4n) is 7.68. The van der Waals surface area contributed by atoms with Crippen LogP contribution in [0.1, 0.15) is 39.0 Å². The first-order valence-corrected chi connectivity index (χ1v) is 18.8. The number of benzene rings is 2. The predicted molar refractivity (Wildman–Crippen MR) is 216 cm³/mol. The summed E-state index contributed by atoms with van der Waals surface area (Å²) in [5.41, 5.74) is 13.0. The maximum atomic E-state index is 3.64. The van der Waals surface area contributed by atoms with Gasteiger partial charge in [-0.1, -0.05) is 139 Å². The van der Waals surface area contributed by atoms with E-state index in [9.17, 15) is 0 Å². The first-order chi connectivity index (χ1) is 25.2. The van der Waals surface area contributed by atoms with Gasteiger partial charge in [-0.2, -0.15) is 0 Å². The van der Waals surface area contributed by atoms with Crippen molar-refractivity contribution in [2.75, 3.05) is 5.32 Å². The van der Waals surface area contributed by atoms with Crippen LogP contribution in [0.2, 0.25) is 0 Å². The average molecular weight is 665 g/mol. The van der Waals surface area contributed by atoms with Gasteiger partial charge in [-0.3, -0.25) is 0 Å². The lowest BCUT2D eigenvalue weighted by Gasteiger charge is -2.23. The first-order valence-electron chi connectivity index (χ1n) is 18.8. The van der Waals surface area contributed by atoms with Crippen LogP contribution in [0.25, 0.3) is 11.1 Å². The predicted octanol–water partition coefficient (Wildman–Crippen LogP) is 12.2. The van der Waals surface area contributed by atoms with E-state index >= 15 is 0 Å². The van der Waals surface area contributed by atoms with Gasteiger partial charge in [0.15, 0.2) is 0 Å². The van der Waals surface area contributed by atoms with Gasteiger partial charge in [0.1, 0.15) is 0 Å². The maximum absolute atomic E-state index is 3.64. The summed E-state index contributed by atoms with van der Waals surface area (Å²) in [6.45, 7) is 2.17. The van der Waals surface area contributed by atoms with Crippen LogP contribution in [-0.4, -0.2) is 0 Å². The minimum absolute atomic E-state index is 0.536. The quantitative estimate of drug-likeness (QED) is 0.332. The number of anilines is 1. The van der Waals surface area contributed by atoms with Crippen LogP contribution >= 0.6 is 0 Å². The fourth-order valence-corrected chi connectivity index (χ4v) is 7.68. The Morgan fingerprint density at radius 3 is 2.29 bits per heavy atom. The number of allylic oxidation sites excluding steroid dienone is 23.